The number of nitrogens with zero attached hydrogens (tertiary/aromatic N) is 1. The van der Waals surface area contributed by atoms with Crippen molar-refractivity contribution >= 4 is 11.6 Å². The second kappa shape index (κ2) is 3.67. The van der Waals surface area contributed by atoms with Gasteiger partial charge in [0.2, 0.25) is 0 Å². The first-order valence-corrected chi connectivity index (χ1v) is 5.26. The van der Waals surface area contributed by atoms with E-state index in [9.17, 15) is 0 Å². The summed E-state index contributed by atoms with van der Waals surface area (Å²) in [5.41, 5.74) is 2.44. The third-order valence-electron chi connectivity index (χ3n) is 2.77. The SMILES string of the molecule is Cc1ccc(C2CCC(Cl)C2)cn1. The molecular weight excluding hydrogens is 182 g/mol. The molecule has 0 aliphatic heterocycles. The molecule has 1 aromatic heterocycles. The Balaban J connectivity index is 2.13. The summed E-state index contributed by atoms with van der Waals surface area (Å²) in [4.78, 5) is 4.31. The Morgan fingerprint density at radius 3 is 2.77 bits per heavy atom. The summed E-state index contributed by atoms with van der Waals surface area (Å²) in [6, 6.07) is 4.26. The van der Waals surface area contributed by atoms with Crippen molar-refractivity contribution in [1.82, 2.24) is 4.98 Å². The molecule has 0 aromatic carbocycles. The van der Waals surface area contributed by atoms with Crippen molar-refractivity contribution in [2.24, 2.45) is 0 Å². The summed E-state index contributed by atoms with van der Waals surface area (Å²) in [5, 5.41) is 0.381. The van der Waals surface area contributed by atoms with Crippen LogP contribution in [0.1, 0.15) is 36.4 Å². The maximum absolute atomic E-state index is 6.07. The highest BCUT2D eigenvalue weighted by molar-refractivity contribution is 6.20. The fraction of sp³-hybridized carbons (Fsp3) is 0.545. The first-order valence-electron chi connectivity index (χ1n) is 4.82. The van der Waals surface area contributed by atoms with Crippen LogP contribution in [0.15, 0.2) is 18.3 Å². The van der Waals surface area contributed by atoms with Crippen LogP contribution < -0.4 is 0 Å². The quantitative estimate of drug-likeness (QED) is 0.627. The van der Waals surface area contributed by atoms with Crippen molar-refractivity contribution < 1.29 is 0 Å². The first kappa shape index (κ1) is 9.01. The molecule has 0 N–H and O–H groups in total. The molecule has 70 valence electrons. The smallest absolute Gasteiger partial charge is 0.0372 e. The van der Waals surface area contributed by atoms with Crippen molar-refractivity contribution in [3.05, 3.63) is 29.6 Å². The molecule has 1 aliphatic rings. The second-order valence-electron chi connectivity index (χ2n) is 3.84. The van der Waals surface area contributed by atoms with Gasteiger partial charge in [0.1, 0.15) is 0 Å². The van der Waals surface area contributed by atoms with Crippen LogP contribution in [0.5, 0.6) is 0 Å². The zero-order chi connectivity index (χ0) is 9.26. The lowest BCUT2D eigenvalue weighted by atomic mass is 9.99. The minimum atomic E-state index is 0.381. The zero-order valence-corrected chi connectivity index (χ0v) is 8.59. The van der Waals surface area contributed by atoms with E-state index in [1.165, 1.54) is 12.0 Å². The van der Waals surface area contributed by atoms with Crippen molar-refractivity contribution in [3.8, 4) is 0 Å². The monoisotopic (exact) mass is 195 g/mol. The number of aromatic nitrogens is 1. The Morgan fingerprint density at radius 2 is 2.23 bits per heavy atom. The standard InChI is InChI=1S/C11H14ClN/c1-8-2-3-10(7-13-8)9-4-5-11(12)6-9/h2-3,7,9,11H,4-6H2,1H3. The molecular formula is C11H14ClN. The van der Waals surface area contributed by atoms with Crippen LogP contribution in [-0.2, 0) is 0 Å². The molecule has 0 amide bonds. The van der Waals surface area contributed by atoms with Gasteiger partial charge < -0.3 is 0 Å². The predicted octanol–water partition coefficient (Wildman–Crippen LogP) is 3.26. The molecule has 13 heavy (non-hydrogen) atoms. The van der Waals surface area contributed by atoms with Crippen LogP contribution in [0.25, 0.3) is 0 Å². The Labute approximate surface area is 84.1 Å². The average Bonchev–Trinajstić information content (AvgIpc) is 2.53. The maximum atomic E-state index is 6.07. The molecule has 1 nitrogen and oxygen atoms in total. The molecule has 0 saturated heterocycles. The Hall–Kier alpha value is -0.560. The summed E-state index contributed by atoms with van der Waals surface area (Å²) in [7, 11) is 0. The Morgan fingerprint density at radius 1 is 1.38 bits per heavy atom. The summed E-state index contributed by atoms with van der Waals surface area (Å²) in [6.07, 6.45) is 5.49. The van der Waals surface area contributed by atoms with Gasteiger partial charge in [0.15, 0.2) is 0 Å². The predicted molar refractivity (Wildman–Crippen MR) is 55.2 cm³/mol. The van der Waals surface area contributed by atoms with Crippen molar-refractivity contribution in [2.75, 3.05) is 0 Å². The molecule has 1 heterocycles. The van der Waals surface area contributed by atoms with E-state index < -0.39 is 0 Å². The van der Waals surface area contributed by atoms with Gasteiger partial charge in [0, 0.05) is 17.3 Å². The van der Waals surface area contributed by atoms with Crippen LogP contribution in [0.3, 0.4) is 0 Å². The van der Waals surface area contributed by atoms with Gasteiger partial charge in [-0.1, -0.05) is 6.07 Å². The van der Waals surface area contributed by atoms with Gasteiger partial charge in [0.25, 0.3) is 0 Å². The molecule has 2 unspecified atom stereocenters. The molecule has 2 atom stereocenters. The molecule has 0 spiro atoms. The van der Waals surface area contributed by atoms with Crippen LogP contribution >= 0.6 is 11.6 Å². The van der Waals surface area contributed by atoms with E-state index >= 15 is 0 Å². The molecule has 2 rings (SSSR count). The van der Waals surface area contributed by atoms with Gasteiger partial charge in [-0.3, -0.25) is 4.98 Å². The van der Waals surface area contributed by atoms with Gasteiger partial charge in [-0.2, -0.15) is 0 Å². The average molecular weight is 196 g/mol. The van der Waals surface area contributed by atoms with Crippen LogP contribution in [0.2, 0.25) is 0 Å². The number of hydrogen-bond donors (Lipinski definition) is 0. The number of aryl methyl sites for hydroxylation is 1. The molecule has 0 bridgehead atoms. The molecule has 1 aliphatic carbocycles. The lowest BCUT2D eigenvalue weighted by Crippen LogP contribution is -1.95. The number of alkyl halides is 1. The van der Waals surface area contributed by atoms with Gasteiger partial charge >= 0.3 is 0 Å². The van der Waals surface area contributed by atoms with Gasteiger partial charge in [-0.25, -0.2) is 0 Å². The largest absolute Gasteiger partial charge is 0.261 e. The lowest BCUT2D eigenvalue weighted by molar-refractivity contribution is 0.719. The van der Waals surface area contributed by atoms with E-state index in [1.807, 2.05) is 13.1 Å². The molecule has 1 fully saturated rings. The Kier molecular flexibility index (Phi) is 2.54. The summed E-state index contributed by atoms with van der Waals surface area (Å²) in [6.45, 7) is 2.02. The number of hydrogen-bond acceptors (Lipinski definition) is 1. The summed E-state index contributed by atoms with van der Waals surface area (Å²) in [5.74, 6) is 0.649. The van der Waals surface area contributed by atoms with Crippen LogP contribution in [0, 0.1) is 6.92 Å². The summed E-state index contributed by atoms with van der Waals surface area (Å²) < 4.78 is 0. The summed E-state index contributed by atoms with van der Waals surface area (Å²) >= 11 is 6.07. The first-order chi connectivity index (χ1) is 6.25. The van der Waals surface area contributed by atoms with E-state index in [0.29, 0.717) is 11.3 Å². The minimum absolute atomic E-state index is 0.381. The van der Waals surface area contributed by atoms with E-state index in [-0.39, 0.29) is 0 Å². The van der Waals surface area contributed by atoms with Gasteiger partial charge in [-0.05, 0) is 43.7 Å². The van der Waals surface area contributed by atoms with Crippen molar-refractivity contribution in [3.63, 3.8) is 0 Å². The minimum Gasteiger partial charge on any atom is -0.261 e. The highest BCUT2D eigenvalue weighted by atomic mass is 35.5. The topological polar surface area (TPSA) is 12.9 Å². The third kappa shape index (κ3) is 2.02. The highest BCUT2D eigenvalue weighted by Crippen LogP contribution is 2.36. The second-order valence-corrected chi connectivity index (χ2v) is 4.46. The lowest BCUT2D eigenvalue weighted by Gasteiger charge is -2.08. The fourth-order valence-electron chi connectivity index (χ4n) is 1.95. The number of rotatable bonds is 1. The van der Waals surface area contributed by atoms with Crippen molar-refractivity contribution in [1.29, 1.82) is 0 Å². The van der Waals surface area contributed by atoms with Gasteiger partial charge in [-0.15, -0.1) is 11.6 Å². The zero-order valence-electron chi connectivity index (χ0n) is 7.83. The molecule has 1 aromatic rings. The molecule has 2 heteroatoms. The van der Waals surface area contributed by atoms with Crippen LogP contribution in [0.4, 0.5) is 0 Å². The fourth-order valence-corrected chi connectivity index (χ4v) is 2.29. The highest BCUT2D eigenvalue weighted by Gasteiger charge is 2.24. The number of halogens is 1. The Bertz CT molecular complexity index is 281. The molecule has 0 radical (unpaired) electrons. The number of pyridine rings is 1. The van der Waals surface area contributed by atoms with Gasteiger partial charge in [0.05, 0.1) is 0 Å². The van der Waals surface area contributed by atoms with Crippen molar-refractivity contribution in [2.45, 2.75) is 37.5 Å². The molecule has 1 saturated carbocycles. The van der Waals surface area contributed by atoms with E-state index in [1.54, 1.807) is 0 Å². The normalized spacial score (nSPS) is 27.8. The third-order valence-corrected chi connectivity index (χ3v) is 3.17. The van der Waals surface area contributed by atoms with E-state index in [2.05, 4.69) is 17.1 Å². The maximum Gasteiger partial charge on any atom is 0.0372 e. The van der Waals surface area contributed by atoms with Crippen LogP contribution in [-0.4, -0.2) is 10.4 Å². The van der Waals surface area contributed by atoms with E-state index in [4.69, 9.17) is 11.6 Å². The van der Waals surface area contributed by atoms with E-state index in [0.717, 1.165) is 18.5 Å².